The summed E-state index contributed by atoms with van der Waals surface area (Å²) in [5, 5.41) is 7.58. The SMILES string of the molecule is C[C@H](NC(=O)c1c(N)ncc2cccnc12)c1cc2cccc(C#CCNC(=O)[C@H]3CCCO3)c2c(=O)n1-c1ccccc1. The van der Waals surface area contributed by atoms with Crippen LogP contribution in [0.25, 0.3) is 27.4 Å². The van der Waals surface area contributed by atoms with Crippen LogP contribution in [0.15, 0.2) is 83.9 Å². The topological polar surface area (TPSA) is 141 Å². The van der Waals surface area contributed by atoms with Crippen LogP contribution in [0.3, 0.4) is 0 Å². The fourth-order valence-electron chi connectivity index (χ4n) is 5.44. The second-order valence-corrected chi connectivity index (χ2v) is 10.5. The Morgan fingerprint density at radius 2 is 1.91 bits per heavy atom. The summed E-state index contributed by atoms with van der Waals surface area (Å²) in [5.41, 5.74) is 8.19. The molecule has 220 valence electrons. The molecular weight excluding hydrogens is 556 g/mol. The molecule has 10 heteroatoms. The van der Waals surface area contributed by atoms with E-state index in [9.17, 15) is 14.4 Å². The highest BCUT2D eigenvalue weighted by molar-refractivity contribution is 6.09. The third kappa shape index (κ3) is 5.61. The lowest BCUT2D eigenvalue weighted by Gasteiger charge is -2.21. The number of carbonyl (C=O) groups excluding carboxylic acids is 2. The van der Waals surface area contributed by atoms with E-state index in [0.29, 0.717) is 51.6 Å². The van der Waals surface area contributed by atoms with E-state index in [-0.39, 0.29) is 29.4 Å². The second-order valence-electron chi connectivity index (χ2n) is 10.5. The summed E-state index contributed by atoms with van der Waals surface area (Å²) in [6.07, 6.45) is 4.30. The van der Waals surface area contributed by atoms with Crippen LogP contribution >= 0.6 is 0 Å². The van der Waals surface area contributed by atoms with Crippen LogP contribution in [0, 0.1) is 11.8 Å². The predicted octanol–water partition coefficient (Wildman–Crippen LogP) is 3.65. The van der Waals surface area contributed by atoms with Gasteiger partial charge in [0.25, 0.3) is 11.5 Å². The van der Waals surface area contributed by atoms with E-state index in [0.717, 1.165) is 6.42 Å². The van der Waals surface area contributed by atoms with Gasteiger partial charge in [-0.2, -0.15) is 0 Å². The fraction of sp³-hybridized carbons (Fsp3) is 0.206. The number of aromatic nitrogens is 3. The number of rotatable bonds is 6. The van der Waals surface area contributed by atoms with Crippen molar-refractivity contribution in [1.82, 2.24) is 25.2 Å². The summed E-state index contributed by atoms with van der Waals surface area (Å²) in [6.45, 7) is 2.52. The van der Waals surface area contributed by atoms with E-state index in [2.05, 4.69) is 32.4 Å². The Balaban J connectivity index is 1.37. The molecule has 1 aliphatic heterocycles. The van der Waals surface area contributed by atoms with Crippen molar-refractivity contribution in [3.05, 3.63) is 106 Å². The zero-order chi connectivity index (χ0) is 30.6. The number of nitrogen functional groups attached to an aromatic ring is 1. The summed E-state index contributed by atoms with van der Waals surface area (Å²) in [5.74, 6) is 5.46. The molecule has 6 rings (SSSR count). The van der Waals surface area contributed by atoms with Crippen LogP contribution < -0.4 is 21.9 Å². The number of hydrogen-bond donors (Lipinski definition) is 3. The number of carbonyl (C=O) groups is 2. The van der Waals surface area contributed by atoms with Gasteiger partial charge in [0.05, 0.1) is 23.5 Å². The predicted molar refractivity (Wildman–Crippen MR) is 168 cm³/mol. The van der Waals surface area contributed by atoms with Gasteiger partial charge < -0.3 is 21.1 Å². The van der Waals surface area contributed by atoms with E-state index < -0.39 is 18.1 Å². The Kier molecular flexibility index (Phi) is 8.04. The number of benzene rings is 2. The Morgan fingerprint density at radius 1 is 1.09 bits per heavy atom. The van der Waals surface area contributed by atoms with E-state index in [4.69, 9.17) is 10.5 Å². The lowest BCUT2D eigenvalue weighted by atomic mass is 10.0. The van der Waals surface area contributed by atoms with Gasteiger partial charge in [0.2, 0.25) is 5.91 Å². The maximum atomic E-state index is 14.2. The zero-order valence-corrected chi connectivity index (χ0v) is 24.0. The van der Waals surface area contributed by atoms with Crippen molar-refractivity contribution in [2.24, 2.45) is 0 Å². The standard InChI is InChI=1S/C34H30N6O4/c1-21(39-33(42)29-30-24(12-7-16-36-30)20-38-31(29)35)26-19-23-10-5-9-22(11-6-17-37-32(41)27-15-8-18-44-27)28(23)34(43)40(26)25-13-3-2-4-14-25/h2-5,7,9-10,12-14,16,19-21,27H,8,15,17-18H2,1H3,(H2,35,38)(H,37,41)(H,39,42)/t21-,27+/m0/s1. The van der Waals surface area contributed by atoms with Crippen LogP contribution in [0.4, 0.5) is 5.82 Å². The van der Waals surface area contributed by atoms with Crippen LogP contribution in [0.1, 0.15) is 47.4 Å². The lowest BCUT2D eigenvalue weighted by Crippen LogP contribution is -2.34. The van der Waals surface area contributed by atoms with Gasteiger partial charge in [-0.3, -0.25) is 23.9 Å². The van der Waals surface area contributed by atoms with Crippen LogP contribution in [-0.4, -0.2) is 45.6 Å². The third-order valence-corrected chi connectivity index (χ3v) is 7.58. The number of anilines is 1. The molecule has 0 bridgehead atoms. The first-order valence-corrected chi connectivity index (χ1v) is 14.3. The van der Waals surface area contributed by atoms with Crippen LogP contribution in [0.5, 0.6) is 0 Å². The molecule has 44 heavy (non-hydrogen) atoms. The minimum atomic E-state index is -0.610. The molecule has 0 aliphatic carbocycles. The molecule has 0 spiro atoms. The van der Waals surface area contributed by atoms with Gasteiger partial charge >= 0.3 is 0 Å². The van der Waals surface area contributed by atoms with Crippen molar-refractivity contribution >= 4 is 39.3 Å². The number of pyridine rings is 3. The van der Waals surface area contributed by atoms with Gasteiger partial charge in [0.1, 0.15) is 17.5 Å². The van der Waals surface area contributed by atoms with Gasteiger partial charge in [0.15, 0.2) is 0 Å². The largest absolute Gasteiger partial charge is 0.383 e. The quantitative estimate of drug-likeness (QED) is 0.258. The average molecular weight is 587 g/mol. The Morgan fingerprint density at radius 3 is 2.70 bits per heavy atom. The van der Waals surface area contributed by atoms with Crippen molar-refractivity contribution in [2.75, 3.05) is 18.9 Å². The Bertz CT molecular complexity index is 2010. The van der Waals surface area contributed by atoms with Crippen LogP contribution in [-0.2, 0) is 9.53 Å². The highest BCUT2D eigenvalue weighted by Gasteiger charge is 2.24. The summed E-state index contributed by atoms with van der Waals surface area (Å²) < 4.78 is 7.00. The van der Waals surface area contributed by atoms with Gasteiger partial charge in [0, 0.05) is 41.3 Å². The van der Waals surface area contributed by atoms with Gasteiger partial charge in [-0.05, 0) is 61.5 Å². The molecule has 0 saturated carbocycles. The molecule has 0 unspecified atom stereocenters. The molecule has 2 atom stereocenters. The molecule has 10 nitrogen and oxygen atoms in total. The van der Waals surface area contributed by atoms with Gasteiger partial charge in [-0.25, -0.2) is 4.98 Å². The molecule has 2 aromatic carbocycles. The monoisotopic (exact) mass is 586 g/mol. The molecule has 3 aromatic heterocycles. The average Bonchev–Trinajstić information content (AvgIpc) is 3.58. The fourth-order valence-corrected chi connectivity index (χ4v) is 5.44. The summed E-state index contributed by atoms with van der Waals surface area (Å²) >= 11 is 0. The van der Waals surface area contributed by atoms with Crippen molar-refractivity contribution < 1.29 is 14.3 Å². The normalized spacial score (nSPS) is 15.0. The van der Waals surface area contributed by atoms with E-state index in [1.54, 1.807) is 36.0 Å². The number of amides is 2. The molecule has 5 aromatic rings. The first kappa shape index (κ1) is 28.6. The number of nitrogens with two attached hydrogens (primary N) is 1. The Hall–Kier alpha value is -5.53. The van der Waals surface area contributed by atoms with E-state index >= 15 is 0 Å². The molecule has 1 aliphatic rings. The number of ether oxygens (including phenoxy) is 1. The van der Waals surface area contributed by atoms with Gasteiger partial charge in [-0.15, -0.1) is 0 Å². The molecule has 2 amide bonds. The van der Waals surface area contributed by atoms with E-state index in [1.165, 1.54) is 0 Å². The maximum Gasteiger partial charge on any atom is 0.264 e. The summed E-state index contributed by atoms with van der Waals surface area (Å²) in [7, 11) is 0. The zero-order valence-electron chi connectivity index (χ0n) is 24.0. The first-order valence-electron chi connectivity index (χ1n) is 14.3. The van der Waals surface area contributed by atoms with Crippen LogP contribution in [0.2, 0.25) is 0 Å². The van der Waals surface area contributed by atoms with Crippen molar-refractivity contribution in [3.8, 4) is 17.5 Å². The number of para-hydroxylation sites is 1. The molecular formula is C34H30N6O4. The minimum Gasteiger partial charge on any atom is -0.383 e. The highest BCUT2D eigenvalue weighted by atomic mass is 16.5. The number of nitrogens with one attached hydrogen (secondary N) is 2. The summed E-state index contributed by atoms with van der Waals surface area (Å²) in [4.78, 5) is 48.6. The minimum absolute atomic E-state index is 0.0648. The van der Waals surface area contributed by atoms with Gasteiger partial charge in [-0.1, -0.05) is 42.2 Å². The smallest absolute Gasteiger partial charge is 0.264 e. The molecule has 1 fully saturated rings. The molecule has 4 N–H and O–H groups in total. The third-order valence-electron chi connectivity index (χ3n) is 7.58. The lowest BCUT2D eigenvalue weighted by molar-refractivity contribution is -0.129. The number of hydrogen-bond acceptors (Lipinski definition) is 7. The highest BCUT2D eigenvalue weighted by Crippen LogP contribution is 2.25. The van der Waals surface area contributed by atoms with Crippen molar-refractivity contribution in [2.45, 2.75) is 31.9 Å². The van der Waals surface area contributed by atoms with E-state index in [1.807, 2.05) is 54.6 Å². The van der Waals surface area contributed by atoms with Crippen molar-refractivity contribution in [3.63, 3.8) is 0 Å². The first-order chi connectivity index (χ1) is 21.4. The molecule has 1 saturated heterocycles. The maximum absolute atomic E-state index is 14.2. The van der Waals surface area contributed by atoms with Crippen molar-refractivity contribution in [1.29, 1.82) is 0 Å². The summed E-state index contributed by atoms with van der Waals surface area (Å²) in [6, 6.07) is 19.5. The number of nitrogens with zero attached hydrogens (tertiary/aromatic N) is 3. The molecule has 0 radical (unpaired) electrons. The number of fused-ring (bicyclic) bond motifs is 2. The molecule has 4 heterocycles. The second kappa shape index (κ2) is 12.4. The Labute approximate surface area is 253 Å².